The Hall–Kier alpha value is -1.76. The van der Waals surface area contributed by atoms with Crippen LogP contribution in [0.25, 0.3) is 0 Å². The zero-order valence-corrected chi connectivity index (χ0v) is 15.7. The number of nitrogens with zero attached hydrogens (tertiary/aromatic N) is 1. The number of rotatable bonds is 4. The summed E-state index contributed by atoms with van der Waals surface area (Å²) in [7, 11) is 0. The minimum absolute atomic E-state index is 0.0859. The number of hydrogen-bond acceptors (Lipinski definition) is 2. The van der Waals surface area contributed by atoms with Crippen LogP contribution in [0, 0.1) is 5.41 Å². The molecule has 26 heavy (non-hydrogen) atoms. The highest BCUT2D eigenvalue weighted by atomic mass is 35.5. The Balaban J connectivity index is 2.08. The van der Waals surface area contributed by atoms with Crippen molar-refractivity contribution in [1.82, 2.24) is 10.2 Å². The van der Waals surface area contributed by atoms with Crippen LogP contribution < -0.4 is 5.32 Å². The molecule has 1 N–H and O–H groups in total. The molecule has 1 aromatic carbocycles. The fourth-order valence-corrected chi connectivity index (χ4v) is 3.25. The Labute approximate surface area is 155 Å². The highest BCUT2D eigenvalue weighted by Gasteiger charge is 2.38. The summed E-state index contributed by atoms with van der Waals surface area (Å²) in [5.41, 5.74) is -0.916. The largest absolute Gasteiger partial charge is 0.417 e. The van der Waals surface area contributed by atoms with Gasteiger partial charge in [0.25, 0.3) is 0 Å². The first-order valence-electron chi connectivity index (χ1n) is 8.32. The molecule has 0 aromatic heterocycles. The summed E-state index contributed by atoms with van der Waals surface area (Å²) >= 11 is 5.84. The van der Waals surface area contributed by atoms with Gasteiger partial charge in [-0.1, -0.05) is 44.5 Å². The third-order valence-electron chi connectivity index (χ3n) is 4.11. The topological polar surface area (TPSA) is 49.4 Å². The van der Waals surface area contributed by atoms with Crippen LogP contribution in [0.15, 0.2) is 18.2 Å². The molecule has 2 rings (SSSR count). The van der Waals surface area contributed by atoms with Gasteiger partial charge in [0.15, 0.2) is 0 Å². The molecule has 0 aliphatic carbocycles. The second-order valence-electron chi connectivity index (χ2n) is 7.63. The van der Waals surface area contributed by atoms with E-state index in [4.69, 9.17) is 11.6 Å². The van der Waals surface area contributed by atoms with Crippen LogP contribution in [0.4, 0.5) is 13.2 Å². The van der Waals surface area contributed by atoms with Crippen molar-refractivity contribution in [2.24, 2.45) is 5.41 Å². The van der Waals surface area contributed by atoms with E-state index in [-0.39, 0.29) is 29.3 Å². The number of carbonyl (C=O) groups excluding carboxylic acids is 2. The SMILES string of the molecule is CC(C)(C)CN1C(=O)CC[C@@H]1C(=O)NCc1cccc(C(F)(F)F)c1Cl. The number of nitrogens with one attached hydrogen (secondary N) is 1. The molecule has 0 bridgehead atoms. The molecule has 144 valence electrons. The summed E-state index contributed by atoms with van der Waals surface area (Å²) in [6.45, 7) is 6.21. The zero-order chi connectivity index (χ0) is 19.7. The van der Waals surface area contributed by atoms with Crippen LogP contribution in [0.3, 0.4) is 0 Å². The number of halogens is 4. The third kappa shape index (κ3) is 4.90. The Morgan fingerprint density at radius 2 is 1.96 bits per heavy atom. The molecular formula is C18H22ClF3N2O2. The minimum atomic E-state index is -4.56. The van der Waals surface area contributed by atoms with Crippen LogP contribution in [-0.4, -0.2) is 29.3 Å². The number of likely N-dealkylation sites (tertiary alicyclic amines) is 1. The summed E-state index contributed by atoms with van der Waals surface area (Å²) < 4.78 is 38.7. The van der Waals surface area contributed by atoms with Crippen molar-refractivity contribution in [3.05, 3.63) is 34.3 Å². The third-order valence-corrected chi connectivity index (χ3v) is 4.56. The molecule has 0 spiro atoms. The number of hydrogen-bond donors (Lipinski definition) is 1. The lowest BCUT2D eigenvalue weighted by Gasteiger charge is -2.30. The molecular weight excluding hydrogens is 369 g/mol. The van der Waals surface area contributed by atoms with Crippen molar-refractivity contribution in [1.29, 1.82) is 0 Å². The summed E-state index contributed by atoms with van der Waals surface area (Å²) in [6, 6.07) is 2.98. The molecule has 1 fully saturated rings. The van der Waals surface area contributed by atoms with Gasteiger partial charge in [-0.05, 0) is 23.5 Å². The molecule has 2 amide bonds. The van der Waals surface area contributed by atoms with E-state index < -0.39 is 22.8 Å². The van der Waals surface area contributed by atoms with Crippen molar-refractivity contribution in [2.75, 3.05) is 6.54 Å². The predicted molar refractivity (Wildman–Crippen MR) is 92.5 cm³/mol. The van der Waals surface area contributed by atoms with E-state index >= 15 is 0 Å². The summed E-state index contributed by atoms with van der Waals surface area (Å²) in [6.07, 6.45) is -3.87. The average molecular weight is 391 g/mol. The molecule has 0 saturated carbocycles. The summed E-state index contributed by atoms with van der Waals surface area (Å²) in [4.78, 5) is 26.1. The number of alkyl halides is 3. The first kappa shape index (κ1) is 20.6. The highest BCUT2D eigenvalue weighted by molar-refractivity contribution is 6.32. The second kappa shape index (κ2) is 7.47. The number of carbonyl (C=O) groups is 2. The normalized spacial score (nSPS) is 18.3. The smallest absolute Gasteiger partial charge is 0.350 e. The van der Waals surface area contributed by atoms with E-state index in [1.807, 2.05) is 20.8 Å². The molecule has 8 heteroatoms. The standard InChI is InChI=1S/C18H22ClF3N2O2/c1-17(2,3)10-24-13(7-8-14(24)25)16(26)23-9-11-5-4-6-12(15(11)19)18(20,21)22/h4-6,13H,7-10H2,1-3H3,(H,23,26)/t13-/m1/s1. The molecule has 0 unspecified atom stereocenters. The van der Waals surface area contributed by atoms with Crippen molar-refractivity contribution < 1.29 is 22.8 Å². The lowest BCUT2D eigenvalue weighted by atomic mass is 9.95. The van der Waals surface area contributed by atoms with Gasteiger partial charge < -0.3 is 10.2 Å². The van der Waals surface area contributed by atoms with Gasteiger partial charge in [0, 0.05) is 19.5 Å². The van der Waals surface area contributed by atoms with Crippen molar-refractivity contribution in [3.63, 3.8) is 0 Å². The fraction of sp³-hybridized carbons (Fsp3) is 0.556. The number of benzene rings is 1. The molecule has 1 aromatic rings. The van der Waals surface area contributed by atoms with E-state index in [9.17, 15) is 22.8 Å². The van der Waals surface area contributed by atoms with Gasteiger partial charge in [-0.2, -0.15) is 13.2 Å². The first-order valence-corrected chi connectivity index (χ1v) is 8.70. The molecule has 1 saturated heterocycles. The Bertz CT molecular complexity index is 699. The number of amides is 2. The second-order valence-corrected chi connectivity index (χ2v) is 8.01. The molecule has 1 aliphatic rings. The van der Waals surface area contributed by atoms with Gasteiger partial charge in [0.1, 0.15) is 6.04 Å². The van der Waals surface area contributed by atoms with E-state index in [1.54, 1.807) is 4.90 Å². The van der Waals surface area contributed by atoms with Crippen LogP contribution in [-0.2, 0) is 22.3 Å². The maximum absolute atomic E-state index is 12.9. The van der Waals surface area contributed by atoms with Crippen LogP contribution in [0.5, 0.6) is 0 Å². The van der Waals surface area contributed by atoms with Crippen LogP contribution >= 0.6 is 11.6 Å². The maximum Gasteiger partial charge on any atom is 0.417 e. The first-order chi connectivity index (χ1) is 11.9. The van der Waals surface area contributed by atoms with Gasteiger partial charge in [-0.3, -0.25) is 9.59 Å². The van der Waals surface area contributed by atoms with Crippen molar-refractivity contribution in [2.45, 2.75) is 52.4 Å². The van der Waals surface area contributed by atoms with Gasteiger partial charge in [0.2, 0.25) is 11.8 Å². The minimum Gasteiger partial charge on any atom is -0.350 e. The van der Waals surface area contributed by atoms with Crippen LogP contribution in [0.2, 0.25) is 5.02 Å². The van der Waals surface area contributed by atoms with Crippen molar-refractivity contribution >= 4 is 23.4 Å². The zero-order valence-electron chi connectivity index (χ0n) is 14.9. The lowest BCUT2D eigenvalue weighted by Crippen LogP contribution is -2.47. The molecule has 1 heterocycles. The molecule has 1 atom stereocenters. The van der Waals surface area contributed by atoms with E-state index in [1.165, 1.54) is 12.1 Å². The average Bonchev–Trinajstić information content (AvgIpc) is 2.84. The van der Waals surface area contributed by atoms with E-state index in [0.29, 0.717) is 19.4 Å². The molecule has 1 aliphatic heterocycles. The highest BCUT2D eigenvalue weighted by Crippen LogP contribution is 2.36. The Morgan fingerprint density at radius 3 is 2.54 bits per heavy atom. The van der Waals surface area contributed by atoms with Gasteiger partial charge in [-0.15, -0.1) is 0 Å². The predicted octanol–water partition coefficient (Wildman–Crippen LogP) is 4.01. The Kier molecular flexibility index (Phi) is 5.90. The van der Waals surface area contributed by atoms with E-state index in [2.05, 4.69) is 5.32 Å². The van der Waals surface area contributed by atoms with Gasteiger partial charge >= 0.3 is 6.18 Å². The van der Waals surface area contributed by atoms with Crippen molar-refractivity contribution in [3.8, 4) is 0 Å². The summed E-state index contributed by atoms with van der Waals surface area (Å²) in [5.74, 6) is -0.467. The van der Waals surface area contributed by atoms with Gasteiger partial charge in [0.05, 0.1) is 10.6 Å². The maximum atomic E-state index is 12.9. The molecule has 0 radical (unpaired) electrons. The monoisotopic (exact) mass is 390 g/mol. The lowest BCUT2D eigenvalue weighted by molar-refractivity contribution is -0.137. The van der Waals surface area contributed by atoms with Crippen LogP contribution in [0.1, 0.15) is 44.7 Å². The Morgan fingerprint density at radius 1 is 1.31 bits per heavy atom. The van der Waals surface area contributed by atoms with Gasteiger partial charge in [-0.25, -0.2) is 0 Å². The summed E-state index contributed by atoms with van der Waals surface area (Å²) in [5, 5.41) is 2.19. The quantitative estimate of drug-likeness (QED) is 0.844. The molecule has 4 nitrogen and oxygen atoms in total. The fourth-order valence-electron chi connectivity index (χ4n) is 2.95. The van der Waals surface area contributed by atoms with E-state index in [0.717, 1.165) is 6.07 Å².